The van der Waals surface area contributed by atoms with E-state index in [1.54, 1.807) is 12.1 Å². The van der Waals surface area contributed by atoms with E-state index in [9.17, 15) is 4.39 Å². The van der Waals surface area contributed by atoms with Gasteiger partial charge in [0.05, 0.1) is 0 Å². The Morgan fingerprint density at radius 3 is 2.68 bits per heavy atom. The average molecular weight is 286 g/mol. The van der Waals surface area contributed by atoms with E-state index in [0.717, 1.165) is 37.8 Å². The molecule has 0 aliphatic rings. The topological polar surface area (TPSA) is 12.0 Å². The average Bonchev–Trinajstić information content (AvgIpc) is 2.40. The maximum atomic E-state index is 13.1. The Balaban J connectivity index is 2.40. The SMILES string of the molecule is CCCNC(CCC)CCCc1cc(F)ccc1Cl. The lowest BCUT2D eigenvalue weighted by Crippen LogP contribution is -2.29. The van der Waals surface area contributed by atoms with Crippen LogP contribution in [0.4, 0.5) is 4.39 Å². The van der Waals surface area contributed by atoms with E-state index >= 15 is 0 Å². The zero-order valence-corrected chi connectivity index (χ0v) is 12.8. The lowest BCUT2D eigenvalue weighted by Gasteiger charge is -2.17. The third-order valence-corrected chi connectivity index (χ3v) is 3.70. The molecule has 3 heteroatoms. The first kappa shape index (κ1) is 16.5. The molecule has 0 aliphatic carbocycles. The monoisotopic (exact) mass is 285 g/mol. The van der Waals surface area contributed by atoms with E-state index in [0.29, 0.717) is 11.1 Å². The predicted molar refractivity (Wildman–Crippen MR) is 81.3 cm³/mol. The summed E-state index contributed by atoms with van der Waals surface area (Å²) in [5, 5.41) is 4.25. The van der Waals surface area contributed by atoms with Crippen molar-refractivity contribution in [1.82, 2.24) is 5.32 Å². The Morgan fingerprint density at radius 2 is 2.00 bits per heavy atom. The number of nitrogens with one attached hydrogen (secondary N) is 1. The summed E-state index contributed by atoms with van der Waals surface area (Å²) in [7, 11) is 0. The highest BCUT2D eigenvalue weighted by atomic mass is 35.5. The van der Waals surface area contributed by atoms with Gasteiger partial charge in [-0.3, -0.25) is 0 Å². The Hall–Kier alpha value is -0.600. The van der Waals surface area contributed by atoms with E-state index in [1.165, 1.54) is 18.9 Å². The molecule has 19 heavy (non-hydrogen) atoms. The van der Waals surface area contributed by atoms with Crippen LogP contribution in [0.1, 0.15) is 51.5 Å². The van der Waals surface area contributed by atoms with Gasteiger partial charge in [0.1, 0.15) is 5.82 Å². The molecule has 1 atom stereocenters. The van der Waals surface area contributed by atoms with Gasteiger partial charge in [-0.25, -0.2) is 4.39 Å². The van der Waals surface area contributed by atoms with Gasteiger partial charge in [-0.15, -0.1) is 0 Å². The minimum atomic E-state index is -0.200. The predicted octanol–water partition coefficient (Wildman–Crippen LogP) is 4.97. The molecule has 0 aromatic heterocycles. The van der Waals surface area contributed by atoms with Crippen LogP contribution in [0, 0.1) is 5.82 Å². The van der Waals surface area contributed by atoms with Crippen LogP contribution in [0.15, 0.2) is 18.2 Å². The molecule has 1 aromatic carbocycles. The number of rotatable bonds is 9. The Bertz CT molecular complexity index is 368. The van der Waals surface area contributed by atoms with Gasteiger partial charge >= 0.3 is 0 Å². The van der Waals surface area contributed by atoms with Crippen molar-refractivity contribution in [3.8, 4) is 0 Å². The molecule has 0 amide bonds. The molecular formula is C16H25ClFN. The molecule has 1 N–H and O–H groups in total. The minimum absolute atomic E-state index is 0.200. The standard InChI is InChI=1S/C16H25ClFN/c1-3-6-15(19-11-4-2)8-5-7-13-12-14(18)9-10-16(13)17/h9-10,12,15,19H,3-8,11H2,1-2H3. The van der Waals surface area contributed by atoms with E-state index in [4.69, 9.17) is 11.6 Å². The lowest BCUT2D eigenvalue weighted by atomic mass is 10.0. The second-order valence-corrected chi connectivity index (χ2v) is 5.47. The van der Waals surface area contributed by atoms with Crippen molar-refractivity contribution in [3.63, 3.8) is 0 Å². The summed E-state index contributed by atoms with van der Waals surface area (Å²) in [6, 6.07) is 5.19. The van der Waals surface area contributed by atoms with Gasteiger partial charge in [0, 0.05) is 11.1 Å². The summed E-state index contributed by atoms with van der Waals surface area (Å²) in [6.07, 6.45) is 6.59. The fourth-order valence-electron chi connectivity index (χ4n) is 2.32. The fraction of sp³-hybridized carbons (Fsp3) is 0.625. The zero-order chi connectivity index (χ0) is 14.1. The van der Waals surface area contributed by atoms with Crippen LogP contribution in [0.25, 0.3) is 0 Å². The smallest absolute Gasteiger partial charge is 0.123 e. The first-order valence-corrected chi connectivity index (χ1v) is 7.72. The van der Waals surface area contributed by atoms with Crippen molar-refractivity contribution in [2.45, 2.75) is 58.4 Å². The van der Waals surface area contributed by atoms with E-state index in [1.807, 2.05) is 0 Å². The van der Waals surface area contributed by atoms with Crippen LogP contribution in [0.3, 0.4) is 0 Å². The van der Waals surface area contributed by atoms with Crippen molar-refractivity contribution >= 4 is 11.6 Å². The number of benzene rings is 1. The summed E-state index contributed by atoms with van der Waals surface area (Å²) in [5.41, 5.74) is 0.924. The van der Waals surface area contributed by atoms with Crippen molar-refractivity contribution in [3.05, 3.63) is 34.6 Å². The molecule has 1 unspecified atom stereocenters. The summed E-state index contributed by atoms with van der Waals surface area (Å²) >= 11 is 6.07. The third kappa shape index (κ3) is 6.40. The molecule has 1 nitrogen and oxygen atoms in total. The molecule has 0 saturated carbocycles. The Labute approximate surface area is 121 Å². The first-order valence-electron chi connectivity index (χ1n) is 7.34. The molecule has 0 bridgehead atoms. The van der Waals surface area contributed by atoms with E-state index in [2.05, 4.69) is 19.2 Å². The van der Waals surface area contributed by atoms with Crippen LogP contribution in [-0.4, -0.2) is 12.6 Å². The highest BCUT2D eigenvalue weighted by molar-refractivity contribution is 6.31. The molecule has 1 aromatic rings. The summed E-state index contributed by atoms with van der Waals surface area (Å²) < 4.78 is 13.1. The fourth-order valence-corrected chi connectivity index (χ4v) is 2.53. The maximum Gasteiger partial charge on any atom is 0.123 e. The molecule has 0 saturated heterocycles. The van der Waals surface area contributed by atoms with Crippen molar-refractivity contribution in [2.75, 3.05) is 6.54 Å². The van der Waals surface area contributed by atoms with Crippen LogP contribution in [-0.2, 0) is 6.42 Å². The summed E-state index contributed by atoms with van der Waals surface area (Å²) in [4.78, 5) is 0. The molecule has 0 spiro atoms. The van der Waals surface area contributed by atoms with Crippen LogP contribution < -0.4 is 5.32 Å². The quantitative estimate of drug-likeness (QED) is 0.675. The summed E-state index contributed by atoms with van der Waals surface area (Å²) in [6.45, 7) is 5.47. The lowest BCUT2D eigenvalue weighted by molar-refractivity contribution is 0.437. The molecule has 0 heterocycles. The maximum absolute atomic E-state index is 13.1. The van der Waals surface area contributed by atoms with Gasteiger partial charge in [0.15, 0.2) is 0 Å². The van der Waals surface area contributed by atoms with Gasteiger partial charge in [-0.05, 0) is 62.4 Å². The first-order chi connectivity index (χ1) is 9.17. The molecule has 108 valence electrons. The Morgan fingerprint density at radius 1 is 1.21 bits per heavy atom. The number of hydrogen-bond acceptors (Lipinski definition) is 1. The highest BCUT2D eigenvalue weighted by Crippen LogP contribution is 2.20. The van der Waals surface area contributed by atoms with E-state index < -0.39 is 0 Å². The van der Waals surface area contributed by atoms with Gasteiger partial charge in [0.2, 0.25) is 0 Å². The van der Waals surface area contributed by atoms with Gasteiger partial charge < -0.3 is 5.32 Å². The number of hydrogen-bond donors (Lipinski definition) is 1. The second kappa shape index (κ2) is 9.33. The van der Waals surface area contributed by atoms with Crippen LogP contribution in [0.5, 0.6) is 0 Å². The molecular weight excluding hydrogens is 261 g/mol. The number of halogens is 2. The molecule has 1 rings (SSSR count). The van der Waals surface area contributed by atoms with Crippen LogP contribution >= 0.6 is 11.6 Å². The van der Waals surface area contributed by atoms with Crippen molar-refractivity contribution in [1.29, 1.82) is 0 Å². The largest absolute Gasteiger partial charge is 0.314 e. The van der Waals surface area contributed by atoms with Crippen molar-refractivity contribution in [2.24, 2.45) is 0 Å². The third-order valence-electron chi connectivity index (χ3n) is 3.33. The van der Waals surface area contributed by atoms with Gasteiger partial charge in [-0.2, -0.15) is 0 Å². The number of aryl methyl sites for hydroxylation is 1. The second-order valence-electron chi connectivity index (χ2n) is 5.07. The van der Waals surface area contributed by atoms with Gasteiger partial charge in [-0.1, -0.05) is 31.9 Å². The van der Waals surface area contributed by atoms with Crippen LogP contribution in [0.2, 0.25) is 5.02 Å². The normalized spacial score (nSPS) is 12.6. The molecule has 0 fully saturated rings. The zero-order valence-electron chi connectivity index (χ0n) is 12.0. The summed E-state index contributed by atoms with van der Waals surface area (Å²) in [5.74, 6) is -0.200. The molecule has 0 radical (unpaired) electrons. The highest BCUT2D eigenvalue weighted by Gasteiger charge is 2.08. The van der Waals surface area contributed by atoms with E-state index in [-0.39, 0.29) is 5.82 Å². The van der Waals surface area contributed by atoms with Gasteiger partial charge in [0.25, 0.3) is 0 Å². The minimum Gasteiger partial charge on any atom is -0.314 e. The molecule has 0 aliphatic heterocycles. The van der Waals surface area contributed by atoms with Crippen molar-refractivity contribution < 1.29 is 4.39 Å². The Kier molecular flexibility index (Phi) is 8.08.